The van der Waals surface area contributed by atoms with Gasteiger partial charge in [-0.1, -0.05) is 61.7 Å². The van der Waals surface area contributed by atoms with Crippen LogP contribution in [0.1, 0.15) is 38.2 Å². The van der Waals surface area contributed by atoms with Gasteiger partial charge < -0.3 is 5.32 Å². The zero-order valence-corrected chi connectivity index (χ0v) is 21.3. The molecule has 6 nitrogen and oxygen atoms in total. The largest absolute Gasteiger partial charge is 0.379 e. The van der Waals surface area contributed by atoms with Gasteiger partial charge in [-0.2, -0.15) is 0 Å². The molecule has 1 saturated carbocycles. The van der Waals surface area contributed by atoms with E-state index in [0.717, 1.165) is 56.2 Å². The van der Waals surface area contributed by atoms with Crippen molar-refractivity contribution < 1.29 is 12.8 Å². The normalized spacial score (nSPS) is 18.7. The van der Waals surface area contributed by atoms with E-state index in [0.29, 0.717) is 5.69 Å². The molecule has 0 aliphatic heterocycles. The minimum absolute atomic E-state index is 0.0743. The number of rotatable bonds is 9. The van der Waals surface area contributed by atoms with Crippen LogP contribution in [0.5, 0.6) is 0 Å². The average molecular weight is 523 g/mol. The van der Waals surface area contributed by atoms with E-state index in [-0.39, 0.29) is 22.2 Å². The monoisotopic (exact) mass is 522 g/mol. The van der Waals surface area contributed by atoms with Crippen molar-refractivity contribution in [3.63, 3.8) is 0 Å². The van der Waals surface area contributed by atoms with Crippen LogP contribution in [-0.2, 0) is 16.6 Å². The number of thiazole rings is 1. The summed E-state index contributed by atoms with van der Waals surface area (Å²) in [6, 6.07) is 13.0. The number of halogens is 2. The number of benzene rings is 2. The van der Waals surface area contributed by atoms with Gasteiger partial charge in [-0.05, 0) is 37.1 Å². The van der Waals surface area contributed by atoms with Crippen molar-refractivity contribution in [3.8, 4) is 0 Å². The topological polar surface area (TPSA) is 74.3 Å². The Morgan fingerprint density at radius 2 is 1.97 bits per heavy atom. The summed E-state index contributed by atoms with van der Waals surface area (Å²) in [5, 5.41) is 5.39. The first-order valence-corrected chi connectivity index (χ1v) is 14.1. The maximum absolute atomic E-state index is 15.0. The summed E-state index contributed by atoms with van der Waals surface area (Å²) in [5.74, 6) is -0.861. The van der Waals surface area contributed by atoms with Gasteiger partial charge >= 0.3 is 0 Å². The molecule has 0 saturated heterocycles. The van der Waals surface area contributed by atoms with E-state index >= 15 is 0 Å². The summed E-state index contributed by atoms with van der Waals surface area (Å²) in [4.78, 5) is 5.83. The first-order chi connectivity index (χ1) is 16.4. The molecule has 1 aliphatic carbocycles. The molecule has 1 heterocycles. The zero-order chi connectivity index (χ0) is 24.1. The molecule has 34 heavy (non-hydrogen) atoms. The van der Waals surface area contributed by atoms with Crippen LogP contribution < -0.4 is 10.0 Å². The highest BCUT2D eigenvalue weighted by molar-refractivity contribution is 7.93. The molecule has 4 rings (SSSR count). The molecule has 1 fully saturated rings. The average Bonchev–Trinajstić information content (AvgIpc) is 3.33. The maximum atomic E-state index is 15.0. The molecule has 1 aromatic heterocycles. The van der Waals surface area contributed by atoms with E-state index < -0.39 is 20.7 Å². The van der Waals surface area contributed by atoms with Crippen LogP contribution in [0, 0.1) is 5.82 Å². The fourth-order valence-corrected chi connectivity index (χ4v) is 6.64. The Morgan fingerprint density at radius 1 is 1.21 bits per heavy atom. The number of likely N-dealkylation sites (N-methyl/N-ethyl adjacent to an activating group) is 1. The molecule has 0 unspecified atom stereocenters. The van der Waals surface area contributed by atoms with Crippen molar-refractivity contribution in [2.24, 2.45) is 0 Å². The Kier molecular flexibility index (Phi) is 8.08. The predicted octanol–water partition coefficient (Wildman–Crippen LogP) is 5.98. The van der Waals surface area contributed by atoms with Gasteiger partial charge in [-0.25, -0.2) is 17.8 Å². The lowest BCUT2D eigenvalue weighted by atomic mass is 9.88. The number of hydrogen-bond acceptors (Lipinski definition) is 6. The molecular weight excluding hydrogens is 495 g/mol. The lowest BCUT2D eigenvalue weighted by Crippen LogP contribution is -2.48. The smallest absolute Gasteiger partial charge is 0.266 e. The van der Waals surface area contributed by atoms with Gasteiger partial charge in [0.1, 0.15) is 10.7 Å². The Labute approximate surface area is 209 Å². The fourth-order valence-electron chi connectivity index (χ4n) is 4.49. The molecular formula is C24H28ClFN4O2S2. The van der Waals surface area contributed by atoms with Crippen molar-refractivity contribution in [1.29, 1.82) is 0 Å². The summed E-state index contributed by atoms with van der Waals surface area (Å²) >= 11 is 7.56. The second-order valence-electron chi connectivity index (χ2n) is 8.36. The quantitative estimate of drug-likeness (QED) is 0.361. The summed E-state index contributed by atoms with van der Waals surface area (Å²) in [6.07, 6.45) is 5.64. The molecule has 0 bridgehead atoms. The van der Waals surface area contributed by atoms with E-state index in [4.69, 9.17) is 11.6 Å². The third-order valence-electron chi connectivity index (χ3n) is 6.14. The van der Waals surface area contributed by atoms with Gasteiger partial charge in [0, 0.05) is 30.2 Å². The van der Waals surface area contributed by atoms with Crippen molar-refractivity contribution >= 4 is 43.8 Å². The SMILES string of the molecule is CCN(Cc1ccccc1)[C@H]1CCCC[C@H]1Nc1cc(F)c(S(=O)(=O)Nc2nccs2)cc1Cl. The molecule has 0 amide bonds. The van der Waals surface area contributed by atoms with Crippen LogP contribution in [0.4, 0.5) is 15.2 Å². The Balaban J connectivity index is 1.54. The van der Waals surface area contributed by atoms with Crippen molar-refractivity contribution in [2.75, 3.05) is 16.6 Å². The summed E-state index contributed by atoms with van der Waals surface area (Å²) in [7, 11) is -4.15. The Hall–Kier alpha value is -2.20. The van der Waals surface area contributed by atoms with Crippen molar-refractivity contribution in [2.45, 2.75) is 56.1 Å². The third-order valence-corrected chi connectivity index (χ3v) is 8.62. The minimum atomic E-state index is -4.15. The highest BCUT2D eigenvalue weighted by atomic mass is 35.5. The van der Waals surface area contributed by atoms with Gasteiger partial charge in [0.25, 0.3) is 10.0 Å². The molecule has 10 heteroatoms. The van der Waals surface area contributed by atoms with Crippen LogP contribution in [0.15, 0.2) is 58.9 Å². The third kappa shape index (κ3) is 5.89. The van der Waals surface area contributed by atoms with Crippen LogP contribution in [-0.4, -0.2) is 36.9 Å². The van der Waals surface area contributed by atoms with Crippen LogP contribution in [0.2, 0.25) is 5.02 Å². The summed E-state index contributed by atoms with van der Waals surface area (Å²) < 4.78 is 42.6. The van der Waals surface area contributed by atoms with Gasteiger partial charge in [0.2, 0.25) is 0 Å². The van der Waals surface area contributed by atoms with E-state index in [1.54, 1.807) is 5.38 Å². The standard InChI is InChI=1S/C24H28ClFN4O2S2/c1-2-30(16-17-8-4-3-5-9-17)22-11-7-6-10-20(22)28-21-15-19(26)23(14-18(21)25)34(31,32)29-24-27-12-13-33-24/h3-5,8-9,12-15,20,22,28H,2,6-7,10-11,16H2,1H3,(H,27,29)/t20-,22+/m1/s1. The summed E-state index contributed by atoms with van der Waals surface area (Å²) in [6.45, 7) is 3.87. The molecule has 182 valence electrons. The van der Waals surface area contributed by atoms with Gasteiger partial charge in [-0.3, -0.25) is 9.62 Å². The van der Waals surface area contributed by atoms with E-state index in [2.05, 4.69) is 39.0 Å². The first kappa shape index (κ1) is 24.9. The first-order valence-electron chi connectivity index (χ1n) is 11.3. The van der Waals surface area contributed by atoms with E-state index in [1.807, 2.05) is 18.2 Å². The fraction of sp³-hybridized carbons (Fsp3) is 0.375. The number of sulfonamides is 1. The second kappa shape index (κ2) is 11.0. The highest BCUT2D eigenvalue weighted by Crippen LogP contribution is 2.33. The number of nitrogens with one attached hydrogen (secondary N) is 2. The lowest BCUT2D eigenvalue weighted by molar-refractivity contribution is 0.144. The molecule has 2 N–H and O–H groups in total. The number of aromatic nitrogens is 1. The van der Waals surface area contributed by atoms with E-state index in [1.165, 1.54) is 17.8 Å². The molecule has 2 aromatic carbocycles. The Bertz CT molecular complexity index is 1190. The minimum Gasteiger partial charge on any atom is -0.379 e. The predicted molar refractivity (Wildman–Crippen MR) is 137 cm³/mol. The number of anilines is 2. The summed E-state index contributed by atoms with van der Waals surface area (Å²) in [5.41, 5.74) is 1.65. The molecule has 0 spiro atoms. The van der Waals surface area contributed by atoms with Crippen LogP contribution in [0.25, 0.3) is 0 Å². The Morgan fingerprint density at radius 3 is 2.68 bits per heavy atom. The lowest BCUT2D eigenvalue weighted by Gasteiger charge is -2.40. The molecule has 3 aromatic rings. The van der Waals surface area contributed by atoms with E-state index in [9.17, 15) is 12.8 Å². The second-order valence-corrected chi connectivity index (χ2v) is 11.3. The van der Waals surface area contributed by atoms with Gasteiger partial charge in [0.15, 0.2) is 5.13 Å². The zero-order valence-electron chi connectivity index (χ0n) is 18.9. The van der Waals surface area contributed by atoms with Gasteiger partial charge in [-0.15, -0.1) is 11.3 Å². The maximum Gasteiger partial charge on any atom is 0.266 e. The van der Waals surface area contributed by atoms with Crippen LogP contribution in [0.3, 0.4) is 0 Å². The van der Waals surface area contributed by atoms with Gasteiger partial charge in [0.05, 0.1) is 10.7 Å². The van der Waals surface area contributed by atoms with Crippen molar-refractivity contribution in [3.05, 3.63) is 70.4 Å². The van der Waals surface area contributed by atoms with Crippen molar-refractivity contribution in [1.82, 2.24) is 9.88 Å². The molecule has 0 radical (unpaired) electrons. The highest BCUT2D eigenvalue weighted by Gasteiger charge is 2.31. The number of nitrogens with zero attached hydrogens (tertiary/aromatic N) is 2. The molecule has 2 atom stereocenters. The molecule has 1 aliphatic rings. The number of hydrogen-bond donors (Lipinski definition) is 2. The van der Waals surface area contributed by atoms with Crippen LogP contribution >= 0.6 is 22.9 Å².